The topological polar surface area (TPSA) is 46.3 Å². The van der Waals surface area contributed by atoms with Crippen molar-refractivity contribution >= 4 is 5.71 Å². The van der Waals surface area contributed by atoms with Gasteiger partial charge in [0.2, 0.25) is 0 Å². The summed E-state index contributed by atoms with van der Waals surface area (Å²) < 4.78 is 16.0. The highest BCUT2D eigenvalue weighted by Crippen LogP contribution is 2.26. The van der Waals surface area contributed by atoms with Crippen molar-refractivity contribution < 1.29 is 4.39 Å². The van der Waals surface area contributed by atoms with Crippen molar-refractivity contribution in [2.75, 3.05) is 14.1 Å². The van der Waals surface area contributed by atoms with Crippen LogP contribution in [-0.2, 0) is 13.1 Å². The summed E-state index contributed by atoms with van der Waals surface area (Å²) in [4.78, 5) is 6.77. The molecule has 1 aromatic heterocycles. The molecule has 0 unspecified atom stereocenters. The van der Waals surface area contributed by atoms with Crippen molar-refractivity contribution in [2.45, 2.75) is 13.1 Å². The zero-order chi connectivity index (χ0) is 17.4. The fraction of sp³-hybridized carbons (Fsp3) is 0.211. The van der Waals surface area contributed by atoms with Crippen molar-refractivity contribution in [2.24, 2.45) is 4.99 Å². The number of hydrogen-bond donors (Lipinski definition) is 0. The lowest BCUT2D eigenvalue weighted by Gasteiger charge is -2.15. The standard InChI is InChI=1S/C19H18FN5/c1-24(2)12-18-23-22-17-11-21-19(13-6-4-3-5-7-13)15-9-8-14(20)10-16(15)25(17)18/h3-10H,11-12H2,1-2H3. The van der Waals surface area contributed by atoms with Gasteiger partial charge in [0.25, 0.3) is 0 Å². The lowest BCUT2D eigenvalue weighted by atomic mass is 10.0. The Bertz CT molecular complexity index is 944. The first kappa shape index (κ1) is 15.7. The second-order valence-electron chi connectivity index (χ2n) is 6.30. The third kappa shape index (κ3) is 2.85. The number of rotatable bonds is 3. The molecule has 0 amide bonds. The van der Waals surface area contributed by atoms with Crippen LogP contribution in [0.1, 0.15) is 22.8 Å². The van der Waals surface area contributed by atoms with Gasteiger partial charge < -0.3 is 4.90 Å². The van der Waals surface area contributed by atoms with Gasteiger partial charge in [-0.1, -0.05) is 30.3 Å². The van der Waals surface area contributed by atoms with E-state index >= 15 is 0 Å². The molecule has 2 aromatic carbocycles. The first-order valence-corrected chi connectivity index (χ1v) is 8.11. The van der Waals surface area contributed by atoms with Crippen LogP contribution < -0.4 is 0 Å². The van der Waals surface area contributed by atoms with Gasteiger partial charge in [0.1, 0.15) is 12.4 Å². The molecule has 0 atom stereocenters. The molecule has 0 spiro atoms. The summed E-state index contributed by atoms with van der Waals surface area (Å²) in [5.74, 6) is 1.20. The molecule has 0 N–H and O–H groups in total. The minimum atomic E-state index is -0.288. The van der Waals surface area contributed by atoms with Gasteiger partial charge in [-0.2, -0.15) is 0 Å². The molecule has 126 valence electrons. The van der Waals surface area contributed by atoms with Crippen LogP contribution in [0.4, 0.5) is 4.39 Å². The van der Waals surface area contributed by atoms with E-state index in [1.54, 1.807) is 6.07 Å². The van der Waals surface area contributed by atoms with Gasteiger partial charge in [0, 0.05) is 11.1 Å². The number of benzene rings is 2. The highest BCUT2D eigenvalue weighted by molar-refractivity contribution is 6.15. The molecule has 1 aliphatic rings. The summed E-state index contributed by atoms with van der Waals surface area (Å²) in [7, 11) is 3.94. The number of aromatic nitrogens is 3. The van der Waals surface area contributed by atoms with Gasteiger partial charge in [0.15, 0.2) is 11.6 Å². The summed E-state index contributed by atoms with van der Waals surface area (Å²) in [6.45, 7) is 1.02. The van der Waals surface area contributed by atoms with E-state index in [-0.39, 0.29) is 5.82 Å². The minimum Gasteiger partial charge on any atom is -0.302 e. The van der Waals surface area contributed by atoms with Crippen molar-refractivity contribution in [3.05, 3.63) is 77.1 Å². The molecule has 1 aliphatic heterocycles. The van der Waals surface area contributed by atoms with E-state index in [1.807, 2.05) is 53.9 Å². The van der Waals surface area contributed by atoms with Crippen LogP contribution in [0.15, 0.2) is 53.5 Å². The summed E-state index contributed by atoms with van der Waals surface area (Å²) in [6.07, 6.45) is 0. The van der Waals surface area contributed by atoms with Crippen LogP contribution in [0.2, 0.25) is 0 Å². The van der Waals surface area contributed by atoms with Crippen molar-refractivity contribution in [1.82, 2.24) is 19.7 Å². The monoisotopic (exact) mass is 335 g/mol. The second kappa shape index (κ2) is 6.22. The Morgan fingerprint density at radius 3 is 2.64 bits per heavy atom. The van der Waals surface area contributed by atoms with Gasteiger partial charge in [-0.25, -0.2) is 4.39 Å². The van der Waals surface area contributed by atoms with Crippen LogP contribution in [0.25, 0.3) is 5.69 Å². The highest BCUT2D eigenvalue weighted by Gasteiger charge is 2.23. The van der Waals surface area contributed by atoms with Crippen LogP contribution in [0, 0.1) is 5.82 Å². The highest BCUT2D eigenvalue weighted by atomic mass is 19.1. The average molecular weight is 335 g/mol. The maximum Gasteiger partial charge on any atom is 0.159 e. The molecule has 0 aliphatic carbocycles. The Morgan fingerprint density at radius 1 is 1.08 bits per heavy atom. The molecule has 25 heavy (non-hydrogen) atoms. The quantitative estimate of drug-likeness (QED) is 0.739. The van der Waals surface area contributed by atoms with E-state index in [4.69, 9.17) is 4.99 Å². The fourth-order valence-corrected chi connectivity index (χ4v) is 3.09. The second-order valence-corrected chi connectivity index (χ2v) is 6.30. The Labute approximate surface area is 145 Å². The summed E-state index contributed by atoms with van der Waals surface area (Å²) >= 11 is 0. The molecule has 0 saturated carbocycles. The van der Waals surface area contributed by atoms with E-state index < -0.39 is 0 Å². The third-order valence-electron chi connectivity index (χ3n) is 4.14. The molecular weight excluding hydrogens is 317 g/mol. The van der Waals surface area contributed by atoms with Gasteiger partial charge in [0.05, 0.1) is 17.9 Å². The molecule has 0 saturated heterocycles. The largest absolute Gasteiger partial charge is 0.302 e. The van der Waals surface area contributed by atoms with Gasteiger partial charge in [-0.15, -0.1) is 10.2 Å². The molecule has 3 aromatic rings. The molecule has 5 nitrogen and oxygen atoms in total. The van der Waals surface area contributed by atoms with Crippen LogP contribution >= 0.6 is 0 Å². The molecule has 0 radical (unpaired) electrons. The van der Waals surface area contributed by atoms with Crippen molar-refractivity contribution in [1.29, 1.82) is 0 Å². The summed E-state index contributed by atoms with van der Waals surface area (Å²) in [5.41, 5.74) is 3.46. The first-order chi connectivity index (χ1) is 12.1. The number of hydrogen-bond acceptors (Lipinski definition) is 4. The first-order valence-electron chi connectivity index (χ1n) is 8.11. The Balaban J connectivity index is 1.94. The maximum absolute atomic E-state index is 14.0. The average Bonchev–Trinajstić information content (AvgIpc) is 2.91. The predicted octanol–water partition coefficient (Wildman–Crippen LogP) is 2.82. The zero-order valence-corrected chi connectivity index (χ0v) is 14.1. The lowest BCUT2D eigenvalue weighted by Crippen LogP contribution is -2.16. The Kier molecular flexibility index (Phi) is 3.89. The maximum atomic E-state index is 14.0. The summed E-state index contributed by atoms with van der Waals surface area (Å²) in [6, 6.07) is 14.7. The van der Waals surface area contributed by atoms with Crippen LogP contribution in [0.5, 0.6) is 0 Å². The molecular formula is C19H18FN5. The summed E-state index contributed by atoms with van der Waals surface area (Å²) in [5, 5.41) is 8.57. The zero-order valence-electron chi connectivity index (χ0n) is 14.1. The van der Waals surface area contributed by atoms with E-state index in [9.17, 15) is 4.39 Å². The van der Waals surface area contributed by atoms with E-state index in [0.29, 0.717) is 13.1 Å². The van der Waals surface area contributed by atoms with E-state index in [2.05, 4.69) is 10.2 Å². The number of aliphatic imine (C=N–C) groups is 1. The SMILES string of the molecule is CN(C)Cc1nnc2n1-c1cc(F)ccc1C(c1ccccc1)=NC2. The number of halogens is 1. The minimum absolute atomic E-state index is 0.288. The molecule has 2 heterocycles. The normalized spacial score (nSPS) is 13.2. The molecule has 6 heteroatoms. The third-order valence-corrected chi connectivity index (χ3v) is 4.14. The van der Waals surface area contributed by atoms with Crippen molar-refractivity contribution in [3.8, 4) is 5.69 Å². The van der Waals surface area contributed by atoms with Crippen LogP contribution in [0.3, 0.4) is 0 Å². The lowest BCUT2D eigenvalue weighted by molar-refractivity contribution is 0.387. The van der Waals surface area contributed by atoms with Gasteiger partial charge >= 0.3 is 0 Å². The van der Waals surface area contributed by atoms with E-state index in [0.717, 1.165) is 34.2 Å². The molecule has 4 rings (SSSR count). The van der Waals surface area contributed by atoms with E-state index in [1.165, 1.54) is 12.1 Å². The Morgan fingerprint density at radius 2 is 1.88 bits per heavy atom. The number of fused-ring (bicyclic) bond motifs is 3. The predicted molar refractivity (Wildman–Crippen MR) is 94.5 cm³/mol. The molecule has 0 bridgehead atoms. The molecule has 0 fully saturated rings. The van der Waals surface area contributed by atoms with Crippen molar-refractivity contribution in [3.63, 3.8) is 0 Å². The van der Waals surface area contributed by atoms with Gasteiger partial charge in [-0.3, -0.25) is 9.56 Å². The Hall–Kier alpha value is -2.86. The van der Waals surface area contributed by atoms with Gasteiger partial charge in [-0.05, 0) is 32.3 Å². The van der Waals surface area contributed by atoms with Crippen LogP contribution in [-0.4, -0.2) is 39.5 Å². The number of nitrogens with zero attached hydrogens (tertiary/aromatic N) is 5. The smallest absolute Gasteiger partial charge is 0.159 e. The fourth-order valence-electron chi connectivity index (χ4n) is 3.09.